The number of carbonyl (C=O) groups is 2. The molecule has 0 aliphatic heterocycles. The van der Waals surface area contributed by atoms with Gasteiger partial charge in [0.15, 0.2) is 0 Å². The van der Waals surface area contributed by atoms with Crippen LogP contribution in [0.15, 0.2) is 4.34 Å². The molecule has 1 rings (SSSR count). The molecule has 0 N–H and O–H groups in total. The molecule has 94 valence electrons. The Morgan fingerprint density at radius 1 is 1.29 bits per heavy atom. The predicted octanol–water partition coefficient (Wildman–Crippen LogP) is 1.71. The highest BCUT2D eigenvalue weighted by Crippen LogP contribution is 2.23. The molecule has 0 aliphatic rings. The second-order valence-electron chi connectivity index (χ2n) is 2.97. The van der Waals surface area contributed by atoms with E-state index in [2.05, 4.69) is 17.6 Å². The molecule has 1 heterocycles. The Morgan fingerprint density at radius 3 is 2.53 bits per heavy atom. The first kappa shape index (κ1) is 14.0. The van der Waals surface area contributed by atoms with Crippen molar-refractivity contribution < 1.29 is 19.1 Å². The Bertz CT molecular complexity index is 416. The summed E-state index contributed by atoms with van der Waals surface area (Å²) in [7, 11) is 0. The summed E-state index contributed by atoms with van der Waals surface area (Å²) < 4.78 is 10.1. The van der Waals surface area contributed by atoms with Crippen molar-refractivity contribution in [3.05, 3.63) is 10.6 Å². The number of nitrogens with zero attached hydrogens (tertiary/aromatic N) is 1. The van der Waals surface area contributed by atoms with Gasteiger partial charge in [0.25, 0.3) is 0 Å². The molecule has 0 atom stereocenters. The lowest BCUT2D eigenvalue weighted by atomic mass is 10.3. The Morgan fingerprint density at radius 2 is 1.94 bits per heavy atom. The zero-order chi connectivity index (χ0) is 12.8. The van der Waals surface area contributed by atoms with Gasteiger partial charge in [-0.25, -0.2) is 9.78 Å². The van der Waals surface area contributed by atoms with Crippen LogP contribution < -0.4 is 0 Å². The minimum atomic E-state index is -0.482. The summed E-state index contributed by atoms with van der Waals surface area (Å²) in [6.07, 6.45) is -0.0426. The summed E-state index contributed by atoms with van der Waals surface area (Å²) in [5, 5.41) is 0. The van der Waals surface area contributed by atoms with Crippen LogP contribution in [-0.2, 0) is 20.7 Å². The van der Waals surface area contributed by atoms with Gasteiger partial charge in [-0.05, 0) is 13.8 Å². The third-order valence-electron chi connectivity index (χ3n) is 1.76. The summed E-state index contributed by atoms with van der Waals surface area (Å²) >= 11 is 5.15. The first-order valence-electron chi connectivity index (χ1n) is 5.09. The van der Waals surface area contributed by atoms with Crippen molar-refractivity contribution in [1.82, 2.24) is 4.98 Å². The largest absolute Gasteiger partial charge is 0.466 e. The first-order valence-corrected chi connectivity index (χ1v) is 6.36. The van der Waals surface area contributed by atoms with Gasteiger partial charge in [-0.15, -0.1) is 24.0 Å². The van der Waals surface area contributed by atoms with Crippen LogP contribution in [0.4, 0.5) is 0 Å². The normalized spacial score (nSPS) is 10.1. The zero-order valence-electron chi connectivity index (χ0n) is 9.56. The van der Waals surface area contributed by atoms with Crippen LogP contribution in [0.2, 0.25) is 0 Å². The van der Waals surface area contributed by atoms with Gasteiger partial charge in [0, 0.05) is 0 Å². The van der Waals surface area contributed by atoms with Gasteiger partial charge in [0.2, 0.25) is 0 Å². The fraction of sp³-hybridized carbons (Fsp3) is 0.500. The van der Waals surface area contributed by atoms with Crippen LogP contribution in [0.1, 0.15) is 29.2 Å². The van der Waals surface area contributed by atoms with Gasteiger partial charge in [0.1, 0.15) is 9.22 Å². The maximum Gasteiger partial charge on any atom is 0.350 e. The van der Waals surface area contributed by atoms with Crippen molar-refractivity contribution in [2.75, 3.05) is 13.2 Å². The lowest BCUT2D eigenvalue weighted by Gasteiger charge is -2.02. The first-order chi connectivity index (χ1) is 8.08. The van der Waals surface area contributed by atoms with Crippen molar-refractivity contribution >= 4 is 35.9 Å². The maximum absolute atomic E-state index is 11.6. The quantitative estimate of drug-likeness (QED) is 0.654. The van der Waals surface area contributed by atoms with Gasteiger partial charge in [0.05, 0.1) is 25.3 Å². The van der Waals surface area contributed by atoms with Gasteiger partial charge in [-0.1, -0.05) is 0 Å². The molecule has 1 aromatic rings. The molecule has 1 aromatic heterocycles. The summed E-state index contributed by atoms with van der Waals surface area (Å²) in [6.45, 7) is 4.00. The number of ether oxygens (including phenoxy) is 2. The summed E-state index contributed by atoms with van der Waals surface area (Å²) in [5.74, 6) is -0.902. The predicted molar refractivity (Wildman–Crippen MR) is 65.7 cm³/mol. The van der Waals surface area contributed by atoms with E-state index in [1.165, 1.54) is 0 Å². The van der Waals surface area contributed by atoms with Crippen LogP contribution in [0, 0.1) is 0 Å². The molecule has 0 fully saturated rings. The molecule has 5 nitrogen and oxygen atoms in total. The average Bonchev–Trinajstić information content (AvgIpc) is 2.60. The lowest BCUT2D eigenvalue weighted by molar-refractivity contribution is -0.142. The van der Waals surface area contributed by atoms with Crippen molar-refractivity contribution in [3.8, 4) is 0 Å². The van der Waals surface area contributed by atoms with Crippen LogP contribution in [-0.4, -0.2) is 30.1 Å². The van der Waals surface area contributed by atoms with E-state index in [-0.39, 0.29) is 13.0 Å². The van der Waals surface area contributed by atoms with Crippen molar-refractivity contribution in [2.24, 2.45) is 0 Å². The maximum atomic E-state index is 11.6. The van der Waals surface area contributed by atoms with E-state index >= 15 is 0 Å². The second kappa shape index (κ2) is 6.61. The molecule has 0 radical (unpaired) electrons. The van der Waals surface area contributed by atoms with Gasteiger partial charge in [-0.3, -0.25) is 4.79 Å². The molecule has 0 spiro atoms. The lowest BCUT2D eigenvalue weighted by Crippen LogP contribution is -2.12. The van der Waals surface area contributed by atoms with Gasteiger partial charge < -0.3 is 9.47 Å². The molecule has 17 heavy (non-hydrogen) atoms. The fourth-order valence-electron chi connectivity index (χ4n) is 1.16. The Labute approximate surface area is 109 Å². The van der Waals surface area contributed by atoms with Crippen LogP contribution in [0.5, 0.6) is 0 Å². The third kappa shape index (κ3) is 4.01. The molecule has 7 heteroatoms. The van der Waals surface area contributed by atoms with E-state index in [1.54, 1.807) is 13.8 Å². The molecule has 0 amide bonds. The number of thiazole rings is 1. The van der Waals surface area contributed by atoms with E-state index in [0.717, 1.165) is 11.3 Å². The summed E-state index contributed by atoms with van der Waals surface area (Å²) in [6, 6.07) is 0. The number of hydrogen-bond acceptors (Lipinski definition) is 7. The SMILES string of the molecule is CCOC(=O)Cc1nc(S)sc1C(=O)OCC. The zero-order valence-corrected chi connectivity index (χ0v) is 11.3. The Hall–Kier alpha value is -1.08. The standard InChI is InChI=1S/C10H13NO4S2/c1-3-14-7(12)5-6-8(9(13)15-4-2)17-10(16)11-6/h3-5H2,1-2H3,(H,11,16). The van der Waals surface area contributed by atoms with E-state index in [0.29, 0.717) is 21.5 Å². The molecule has 0 unspecified atom stereocenters. The van der Waals surface area contributed by atoms with E-state index in [9.17, 15) is 9.59 Å². The third-order valence-corrected chi connectivity index (χ3v) is 3.02. The van der Waals surface area contributed by atoms with Crippen molar-refractivity contribution in [1.29, 1.82) is 0 Å². The molecule has 0 aromatic carbocycles. The highest BCUT2D eigenvalue weighted by Gasteiger charge is 2.20. The number of rotatable bonds is 5. The van der Waals surface area contributed by atoms with E-state index in [4.69, 9.17) is 9.47 Å². The highest BCUT2D eigenvalue weighted by atomic mass is 32.2. The second-order valence-corrected chi connectivity index (χ2v) is 4.70. The van der Waals surface area contributed by atoms with Crippen molar-refractivity contribution in [3.63, 3.8) is 0 Å². The number of thiol groups is 1. The van der Waals surface area contributed by atoms with Gasteiger partial charge in [-0.2, -0.15) is 0 Å². The summed E-state index contributed by atoms with van der Waals surface area (Å²) in [4.78, 5) is 27.2. The topological polar surface area (TPSA) is 65.5 Å². The van der Waals surface area contributed by atoms with Crippen LogP contribution in [0.25, 0.3) is 0 Å². The average molecular weight is 275 g/mol. The van der Waals surface area contributed by atoms with Gasteiger partial charge >= 0.3 is 11.9 Å². The summed E-state index contributed by atoms with van der Waals surface area (Å²) in [5.41, 5.74) is 0.358. The number of hydrogen-bond donors (Lipinski definition) is 1. The number of esters is 2. The number of aromatic nitrogens is 1. The van der Waals surface area contributed by atoms with Crippen LogP contribution in [0.3, 0.4) is 0 Å². The molecule has 0 saturated heterocycles. The van der Waals surface area contributed by atoms with E-state index < -0.39 is 11.9 Å². The van der Waals surface area contributed by atoms with Crippen molar-refractivity contribution in [2.45, 2.75) is 24.6 Å². The molecule has 0 aliphatic carbocycles. The van der Waals surface area contributed by atoms with Crippen LogP contribution >= 0.6 is 24.0 Å². The minimum absolute atomic E-state index is 0.0426. The smallest absolute Gasteiger partial charge is 0.350 e. The fourth-order valence-corrected chi connectivity index (χ4v) is 2.27. The minimum Gasteiger partial charge on any atom is -0.466 e. The number of carbonyl (C=O) groups excluding carboxylic acids is 2. The molecule has 0 bridgehead atoms. The Kier molecular flexibility index (Phi) is 5.43. The molecule has 0 saturated carbocycles. The molecular formula is C10H13NO4S2. The Balaban J connectivity index is 2.84. The highest BCUT2D eigenvalue weighted by molar-refractivity contribution is 7.82. The molecular weight excluding hydrogens is 262 g/mol. The monoisotopic (exact) mass is 275 g/mol. The van der Waals surface area contributed by atoms with E-state index in [1.807, 2.05) is 0 Å².